The summed E-state index contributed by atoms with van der Waals surface area (Å²) in [7, 11) is 1.31. The van der Waals surface area contributed by atoms with Crippen molar-refractivity contribution in [3.05, 3.63) is 59.2 Å². The molecule has 0 bridgehead atoms. The molecule has 0 aliphatic carbocycles. The highest BCUT2D eigenvalue weighted by molar-refractivity contribution is 7.99. The lowest BCUT2D eigenvalue weighted by atomic mass is 10.2. The Balaban J connectivity index is 0.000000350. The van der Waals surface area contributed by atoms with Crippen molar-refractivity contribution in [1.29, 1.82) is 0 Å². The van der Waals surface area contributed by atoms with Gasteiger partial charge in [0.25, 0.3) is 0 Å². The van der Waals surface area contributed by atoms with Crippen molar-refractivity contribution >= 4 is 29.3 Å². The van der Waals surface area contributed by atoms with Gasteiger partial charge in [0, 0.05) is 18.4 Å². The van der Waals surface area contributed by atoms with Crippen LogP contribution in [0.15, 0.2) is 57.9 Å². The van der Waals surface area contributed by atoms with Crippen LogP contribution in [-0.4, -0.2) is 36.3 Å². The predicted octanol–water partition coefficient (Wildman–Crippen LogP) is 2.19. The quantitative estimate of drug-likeness (QED) is 0.244. The maximum absolute atomic E-state index is 10.9. The van der Waals surface area contributed by atoms with Crippen molar-refractivity contribution in [2.75, 3.05) is 20.2 Å². The van der Waals surface area contributed by atoms with E-state index < -0.39 is 5.97 Å². The average Bonchev–Trinajstić information content (AvgIpc) is 3.11. The monoisotopic (exact) mass is 396 g/mol. The molecule has 9 heteroatoms. The third-order valence-electron chi connectivity index (χ3n) is 2.85. The number of phenols is 1. The van der Waals surface area contributed by atoms with Gasteiger partial charge < -0.3 is 20.6 Å². The first kappa shape index (κ1) is 21.8. The molecule has 7 nitrogen and oxygen atoms in total. The van der Waals surface area contributed by atoms with E-state index in [1.54, 1.807) is 23.5 Å². The molecule has 26 heavy (non-hydrogen) atoms. The Bertz CT molecular complexity index is 655. The second-order valence-electron chi connectivity index (χ2n) is 5.14. The number of carbonyl (C=O) groups is 1. The molecule has 1 aromatic carbocycles. The second kappa shape index (κ2) is 12.2. The Labute approximate surface area is 161 Å². The minimum absolute atomic E-state index is 0.0325. The highest BCUT2D eigenvalue weighted by Gasteiger charge is 2.04. The SMILES string of the molecule is COC(=O)CN(N)/C=C(\N)CNSc1cccs1.Cc1ccc(O)cc1. The fourth-order valence-corrected chi connectivity index (χ4v) is 3.09. The smallest absolute Gasteiger partial charge is 0.326 e. The third kappa shape index (κ3) is 9.94. The summed E-state index contributed by atoms with van der Waals surface area (Å²) in [5, 5.41) is 12.0. The van der Waals surface area contributed by atoms with Gasteiger partial charge in [-0.3, -0.25) is 9.52 Å². The van der Waals surface area contributed by atoms with Crippen molar-refractivity contribution in [3.63, 3.8) is 0 Å². The van der Waals surface area contributed by atoms with Gasteiger partial charge in [0.05, 0.1) is 11.3 Å². The number of esters is 1. The van der Waals surface area contributed by atoms with Crippen LogP contribution < -0.4 is 16.3 Å². The van der Waals surface area contributed by atoms with Crippen LogP contribution in [0.2, 0.25) is 0 Å². The second-order valence-corrected chi connectivity index (χ2v) is 7.28. The lowest BCUT2D eigenvalue weighted by Crippen LogP contribution is -2.33. The molecule has 0 spiro atoms. The van der Waals surface area contributed by atoms with Gasteiger partial charge in [-0.15, -0.1) is 11.3 Å². The molecule has 0 aliphatic rings. The van der Waals surface area contributed by atoms with Crippen LogP contribution in [0, 0.1) is 6.92 Å². The first-order valence-corrected chi connectivity index (χ1v) is 9.33. The molecule has 0 aliphatic heterocycles. The van der Waals surface area contributed by atoms with Crippen molar-refractivity contribution < 1.29 is 14.6 Å². The summed E-state index contributed by atoms with van der Waals surface area (Å²) >= 11 is 3.14. The van der Waals surface area contributed by atoms with Gasteiger partial charge in [-0.05, 0) is 42.5 Å². The van der Waals surface area contributed by atoms with E-state index in [0.717, 1.165) is 4.21 Å². The zero-order valence-electron chi connectivity index (χ0n) is 14.7. The topological polar surface area (TPSA) is 114 Å². The number of hydrogen-bond donors (Lipinski definition) is 4. The van der Waals surface area contributed by atoms with Crippen LogP contribution >= 0.6 is 23.3 Å². The molecule has 0 saturated heterocycles. The summed E-state index contributed by atoms with van der Waals surface area (Å²) in [6, 6.07) is 11.1. The first-order valence-electron chi connectivity index (χ1n) is 7.64. The molecule has 142 valence electrons. The minimum Gasteiger partial charge on any atom is -0.508 e. The summed E-state index contributed by atoms with van der Waals surface area (Å²) in [6.07, 6.45) is 1.50. The maximum atomic E-state index is 10.9. The molecule has 0 amide bonds. The Morgan fingerprint density at radius 2 is 2.08 bits per heavy atom. The zero-order chi connectivity index (χ0) is 19.4. The number of thiophene rings is 1. The van der Waals surface area contributed by atoms with Crippen molar-refractivity contribution in [2.24, 2.45) is 11.6 Å². The van der Waals surface area contributed by atoms with E-state index in [0.29, 0.717) is 18.0 Å². The number of aryl methyl sites for hydroxylation is 1. The standard InChI is InChI=1S/C10H16N4O2S2.C7H8O/c1-16-9(15)7-14(12)6-8(11)5-13-18-10-3-2-4-17-10;1-6-2-4-7(8)5-3-6/h2-4,6,13H,5,7,11-12H2,1H3;2-5,8H,1H3/b8-6-;. The van der Waals surface area contributed by atoms with Crippen molar-refractivity contribution in [2.45, 2.75) is 11.1 Å². The molecule has 0 atom stereocenters. The summed E-state index contributed by atoms with van der Waals surface area (Å²) < 4.78 is 8.73. The van der Waals surface area contributed by atoms with Crippen LogP contribution in [0.25, 0.3) is 0 Å². The fourth-order valence-electron chi connectivity index (χ4n) is 1.57. The molecule has 2 aromatic rings. The molecule has 0 saturated carbocycles. The molecule has 6 N–H and O–H groups in total. The van der Waals surface area contributed by atoms with E-state index in [-0.39, 0.29) is 6.54 Å². The van der Waals surface area contributed by atoms with Crippen LogP contribution in [0.5, 0.6) is 5.75 Å². The molecular formula is C17H24N4O3S2. The molecule has 1 heterocycles. The third-order valence-corrected chi connectivity index (χ3v) is 4.68. The Hall–Kier alpha value is -2.20. The van der Waals surface area contributed by atoms with E-state index >= 15 is 0 Å². The number of rotatable bonds is 7. The van der Waals surface area contributed by atoms with E-state index in [1.807, 2.05) is 36.6 Å². The van der Waals surface area contributed by atoms with Gasteiger partial charge in [0.15, 0.2) is 0 Å². The Morgan fingerprint density at radius 1 is 1.38 bits per heavy atom. The number of nitrogens with one attached hydrogen (secondary N) is 1. The molecule has 1 aromatic heterocycles. The highest BCUT2D eigenvalue weighted by atomic mass is 32.2. The van der Waals surface area contributed by atoms with Crippen LogP contribution in [0.4, 0.5) is 0 Å². The highest BCUT2D eigenvalue weighted by Crippen LogP contribution is 2.20. The normalized spacial score (nSPS) is 10.7. The fraction of sp³-hybridized carbons (Fsp3) is 0.235. The largest absolute Gasteiger partial charge is 0.508 e. The predicted molar refractivity (Wildman–Crippen MR) is 106 cm³/mol. The van der Waals surface area contributed by atoms with Gasteiger partial charge >= 0.3 is 5.97 Å². The summed E-state index contributed by atoms with van der Waals surface area (Å²) in [5.74, 6) is 5.48. The Morgan fingerprint density at radius 3 is 2.62 bits per heavy atom. The van der Waals surface area contributed by atoms with E-state index in [9.17, 15) is 4.79 Å². The lowest BCUT2D eigenvalue weighted by molar-refractivity contribution is -0.141. The van der Waals surface area contributed by atoms with E-state index in [2.05, 4.69) is 9.46 Å². The van der Waals surface area contributed by atoms with Crippen LogP contribution in [0.1, 0.15) is 5.56 Å². The number of benzene rings is 1. The van der Waals surface area contributed by atoms with Gasteiger partial charge in [0.1, 0.15) is 12.3 Å². The summed E-state index contributed by atoms with van der Waals surface area (Å²) in [6.45, 7) is 2.42. The number of aromatic hydroxyl groups is 1. The minimum atomic E-state index is -0.414. The first-order chi connectivity index (χ1) is 12.4. The average molecular weight is 397 g/mol. The number of phenolic OH excluding ortho intramolecular Hbond substituents is 1. The molecule has 0 radical (unpaired) electrons. The van der Waals surface area contributed by atoms with Crippen LogP contribution in [0.3, 0.4) is 0 Å². The lowest BCUT2D eigenvalue weighted by Gasteiger charge is -2.13. The maximum Gasteiger partial charge on any atom is 0.326 e. The molecular weight excluding hydrogens is 372 g/mol. The van der Waals surface area contributed by atoms with E-state index in [1.165, 1.54) is 35.8 Å². The molecule has 0 unspecified atom stereocenters. The zero-order valence-corrected chi connectivity index (χ0v) is 16.3. The van der Waals surface area contributed by atoms with Gasteiger partial charge in [-0.1, -0.05) is 23.8 Å². The van der Waals surface area contributed by atoms with Crippen molar-refractivity contribution in [3.8, 4) is 5.75 Å². The number of ether oxygens (including phenoxy) is 1. The number of methoxy groups -OCH3 is 1. The van der Waals surface area contributed by atoms with E-state index in [4.69, 9.17) is 16.7 Å². The number of nitrogens with zero attached hydrogens (tertiary/aromatic N) is 1. The van der Waals surface area contributed by atoms with Gasteiger partial charge in [0.2, 0.25) is 0 Å². The number of nitrogens with two attached hydrogens (primary N) is 2. The van der Waals surface area contributed by atoms with Crippen molar-refractivity contribution in [1.82, 2.24) is 9.73 Å². The summed E-state index contributed by atoms with van der Waals surface area (Å²) in [5.41, 5.74) is 7.45. The number of carbonyl (C=O) groups excluding carboxylic acids is 1. The van der Waals surface area contributed by atoms with Gasteiger partial charge in [-0.2, -0.15) is 0 Å². The number of hydrazine groups is 1. The summed E-state index contributed by atoms with van der Waals surface area (Å²) in [4.78, 5) is 10.9. The van der Waals surface area contributed by atoms with Gasteiger partial charge in [-0.25, -0.2) is 5.84 Å². The molecule has 2 rings (SSSR count). The Kier molecular flexibility index (Phi) is 10.3. The molecule has 0 fully saturated rings. The number of hydrogen-bond acceptors (Lipinski definition) is 9. The van der Waals surface area contributed by atoms with Crippen LogP contribution in [-0.2, 0) is 9.53 Å².